The van der Waals surface area contributed by atoms with E-state index >= 15 is 0 Å². The van der Waals surface area contributed by atoms with Crippen LogP contribution in [0, 0.1) is 6.92 Å². The fourth-order valence-corrected chi connectivity index (χ4v) is 2.12. The van der Waals surface area contributed by atoms with Gasteiger partial charge in [-0.25, -0.2) is 0 Å². The molecule has 1 aromatic heterocycles. The van der Waals surface area contributed by atoms with E-state index in [0.717, 1.165) is 24.4 Å². The molecule has 0 aliphatic heterocycles. The van der Waals surface area contributed by atoms with Crippen LogP contribution in [-0.2, 0) is 13.1 Å². The van der Waals surface area contributed by atoms with Crippen molar-refractivity contribution in [2.75, 3.05) is 7.11 Å². The molecule has 2 rings (SSSR count). The lowest BCUT2D eigenvalue weighted by Crippen LogP contribution is -2.21. The van der Waals surface area contributed by atoms with E-state index in [1.807, 2.05) is 30.1 Å². The van der Waals surface area contributed by atoms with Gasteiger partial charge in [-0.1, -0.05) is 19.9 Å². The Morgan fingerprint density at radius 2 is 2.15 bits per heavy atom. The minimum absolute atomic E-state index is 0.481. The number of hydrogen-bond donors (Lipinski definition) is 1. The second kappa shape index (κ2) is 6.57. The van der Waals surface area contributed by atoms with Gasteiger partial charge in [-0.3, -0.25) is 4.68 Å². The molecule has 0 bridgehead atoms. The van der Waals surface area contributed by atoms with Crippen LogP contribution in [-0.4, -0.2) is 22.9 Å². The van der Waals surface area contributed by atoms with E-state index in [1.165, 1.54) is 11.1 Å². The standard InChI is InChI=1S/C16H23N3O/c1-12(2)17-9-14-5-6-16(20-4)15(7-14)11-19-10-13(3)8-18-19/h5-8,10,12,17H,9,11H2,1-4H3. The van der Waals surface area contributed by atoms with Crippen LogP contribution in [0.1, 0.15) is 30.5 Å². The van der Waals surface area contributed by atoms with Crippen LogP contribution in [0.15, 0.2) is 30.6 Å². The molecule has 1 heterocycles. The largest absolute Gasteiger partial charge is 0.496 e. The zero-order chi connectivity index (χ0) is 14.5. The van der Waals surface area contributed by atoms with Gasteiger partial charge in [-0.15, -0.1) is 0 Å². The first kappa shape index (κ1) is 14.6. The molecule has 4 nitrogen and oxygen atoms in total. The summed E-state index contributed by atoms with van der Waals surface area (Å²) >= 11 is 0. The molecule has 0 unspecified atom stereocenters. The Morgan fingerprint density at radius 3 is 2.75 bits per heavy atom. The molecule has 0 aliphatic rings. The summed E-state index contributed by atoms with van der Waals surface area (Å²) in [6.45, 7) is 7.94. The van der Waals surface area contributed by atoms with Gasteiger partial charge in [0, 0.05) is 24.3 Å². The maximum absolute atomic E-state index is 5.44. The molecule has 0 amide bonds. The summed E-state index contributed by atoms with van der Waals surface area (Å²) < 4.78 is 7.38. The number of ether oxygens (including phenoxy) is 1. The molecule has 0 spiro atoms. The van der Waals surface area contributed by atoms with Crippen molar-refractivity contribution < 1.29 is 4.74 Å². The molecule has 0 fully saturated rings. The molecule has 4 heteroatoms. The van der Waals surface area contributed by atoms with Crippen LogP contribution in [0.3, 0.4) is 0 Å². The van der Waals surface area contributed by atoms with Gasteiger partial charge in [0.05, 0.1) is 19.9 Å². The Labute approximate surface area is 120 Å². The average molecular weight is 273 g/mol. The number of nitrogens with zero attached hydrogens (tertiary/aromatic N) is 2. The van der Waals surface area contributed by atoms with Gasteiger partial charge in [0.1, 0.15) is 5.75 Å². The van der Waals surface area contributed by atoms with Gasteiger partial charge in [0.15, 0.2) is 0 Å². The van der Waals surface area contributed by atoms with Crippen LogP contribution in [0.4, 0.5) is 0 Å². The molecule has 0 aliphatic carbocycles. The van der Waals surface area contributed by atoms with Crippen molar-refractivity contribution >= 4 is 0 Å². The normalized spacial score (nSPS) is 11.1. The van der Waals surface area contributed by atoms with Gasteiger partial charge in [0.25, 0.3) is 0 Å². The minimum atomic E-state index is 0.481. The predicted octanol–water partition coefficient (Wildman–Crippen LogP) is 2.75. The lowest BCUT2D eigenvalue weighted by Gasteiger charge is -2.13. The van der Waals surface area contributed by atoms with Crippen LogP contribution in [0.25, 0.3) is 0 Å². The zero-order valence-corrected chi connectivity index (χ0v) is 12.7. The van der Waals surface area contributed by atoms with E-state index in [2.05, 4.69) is 36.4 Å². The number of aryl methyl sites for hydroxylation is 1. The first-order chi connectivity index (χ1) is 9.58. The van der Waals surface area contributed by atoms with E-state index in [-0.39, 0.29) is 0 Å². The average Bonchev–Trinajstić information content (AvgIpc) is 2.82. The topological polar surface area (TPSA) is 39.1 Å². The lowest BCUT2D eigenvalue weighted by atomic mass is 10.1. The Kier molecular flexibility index (Phi) is 4.79. The Morgan fingerprint density at radius 1 is 1.35 bits per heavy atom. The van der Waals surface area contributed by atoms with Crippen molar-refractivity contribution in [3.05, 3.63) is 47.3 Å². The van der Waals surface area contributed by atoms with Gasteiger partial charge in [-0.05, 0) is 30.2 Å². The third kappa shape index (κ3) is 3.84. The summed E-state index contributed by atoms with van der Waals surface area (Å²) in [6, 6.07) is 6.80. The summed E-state index contributed by atoms with van der Waals surface area (Å²) in [4.78, 5) is 0. The van der Waals surface area contributed by atoms with E-state index in [0.29, 0.717) is 6.04 Å². The number of methoxy groups -OCH3 is 1. The van der Waals surface area contributed by atoms with Gasteiger partial charge >= 0.3 is 0 Å². The number of nitrogens with one attached hydrogen (secondary N) is 1. The molecule has 1 aromatic carbocycles. The van der Waals surface area contributed by atoms with Gasteiger partial charge < -0.3 is 10.1 Å². The smallest absolute Gasteiger partial charge is 0.123 e. The Hall–Kier alpha value is -1.81. The van der Waals surface area contributed by atoms with E-state index in [1.54, 1.807) is 7.11 Å². The minimum Gasteiger partial charge on any atom is -0.496 e. The van der Waals surface area contributed by atoms with E-state index < -0.39 is 0 Å². The van der Waals surface area contributed by atoms with E-state index in [9.17, 15) is 0 Å². The highest BCUT2D eigenvalue weighted by Crippen LogP contribution is 2.21. The molecule has 0 saturated heterocycles. The second-order valence-electron chi connectivity index (χ2n) is 5.40. The summed E-state index contributed by atoms with van der Waals surface area (Å²) in [5.74, 6) is 0.909. The molecule has 0 atom stereocenters. The molecular formula is C16H23N3O. The van der Waals surface area contributed by atoms with Crippen molar-refractivity contribution in [2.24, 2.45) is 0 Å². The van der Waals surface area contributed by atoms with Crippen molar-refractivity contribution in [3.8, 4) is 5.75 Å². The molecule has 1 N–H and O–H groups in total. The number of hydrogen-bond acceptors (Lipinski definition) is 3. The monoisotopic (exact) mass is 273 g/mol. The third-order valence-corrected chi connectivity index (χ3v) is 3.15. The molecule has 108 valence electrons. The quantitative estimate of drug-likeness (QED) is 0.879. The Balaban J connectivity index is 2.17. The molecule has 20 heavy (non-hydrogen) atoms. The highest BCUT2D eigenvalue weighted by Gasteiger charge is 2.06. The van der Waals surface area contributed by atoms with Gasteiger partial charge in [-0.2, -0.15) is 5.10 Å². The SMILES string of the molecule is COc1ccc(CNC(C)C)cc1Cn1cc(C)cn1. The summed E-state index contributed by atoms with van der Waals surface area (Å²) in [5, 5.41) is 7.77. The number of rotatable bonds is 6. The lowest BCUT2D eigenvalue weighted by molar-refractivity contribution is 0.407. The number of benzene rings is 1. The van der Waals surface area contributed by atoms with Crippen molar-refractivity contribution in [1.82, 2.24) is 15.1 Å². The first-order valence-electron chi connectivity index (χ1n) is 6.96. The fourth-order valence-electron chi connectivity index (χ4n) is 2.12. The van der Waals surface area contributed by atoms with E-state index in [4.69, 9.17) is 4.74 Å². The number of aromatic nitrogens is 2. The molecule has 0 saturated carbocycles. The van der Waals surface area contributed by atoms with Crippen LogP contribution < -0.4 is 10.1 Å². The summed E-state index contributed by atoms with van der Waals surface area (Å²) in [6.07, 6.45) is 3.91. The molecule has 2 aromatic rings. The highest BCUT2D eigenvalue weighted by atomic mass is 16.5. The highest BCUT2D eigenvalue weighted by molar-refractivity contribution is 5.37. The van der Waals surface area contributed by atoms with Crippen LogP contribution >= 0.6 is 0 Å². The molecule has 0 radical (unpaired) electrons. The fraction of sp³-hybridized carbons (Fsp3) is 0.438. The summed E-state index contributed by atoms with van der Waals surface area (Å²) in [7, 11) is 1.71. The first-order valence-corrected chi connectivity index (χ1v) is 6.96. The van der Waals surface area contributed by atoms with Crippen LogP contribution in [0.2, 0.25) is 0 Å². The Bertz CT molecular complexity index is 561. The van der Waals surface area contributed by atoms with Crippen molar-refractivity contribution in [3.63, 3.8) is 0 Å². The van der Waals surface area contributed by atoms with Crippen molar-refractivity contribution in [1.29, 1.82) is 0 Å². The second-order valence-corrected chi connectivity index (χ2v) is 5.40. The maximum Gasteiger partial charge on any atom is 0.123 e. The third-order valence-electron chi connectivity index (χ3n) is 3.15. The molecular weight excluding hydrogens is 250 g/mol. The maximum atomic E-state index is 5.44. The zero-order valence-electron chi connectivity index (χ0n) is 12.7. The summed E-state index contributed by atoms with van der Waals surface area (Å²) in [5.41, 5.74) is 3.58. The van der Waals surface area contributed by atoms with Gasteiger partial charge in [0.2, 0.25) is 0 Å². The predicted molar refractivity (Wildman–Crippen MR) is 81.0 cm³/mol. The van der Waals surface area contributed by atoms with Crippen LogP contribution in [0.5, 0.6) is 5.75 Å². The van der Waals surface area contributed by atoms with Crippen molar-refractivity contribution in [2.45, 2.75) is 39.9 Å².